The van der Waals surface area contributed by atoms with E-state index in [1.807, 2.05) is 30.3 Å². The summed E-state index contributed by atoms with van der Waals surface area (Å²) >= 11 is 5.94. The van der Waals surface area contributed by atoms with E-state index in [-0.39, 0.29) is 11.8 Å². The van der Waals surface area contributed by atoms with Crippen molar-refractivity contribution in [3.63, 3.8) is 0 Å². The molecule has 0 fully saturated rings. The van der Waals surface area contributed by atoms with E-state index in [1.54, 1.807) is 24.3 Å². The summed E-state index contributed by atoms with van der Waals surface area (Å²) in [6, 6.07) is 16.3. The minimum absolute atomic E-state index is 0.0711. The Morgan fingerprint density at radius 3 is 2.23 bits per heavy atom. The molecule has 22 heavy (non-hydrogen) atoms. The molecule has 0 saturated carbocycles. The number of hydrogen-bond donors (Lipinski definition) is 2. The number of benzene rings is 2. The largest absolute Gasteiger partial charge is 0.354 e. The summed E-state index contributed by atoms with van der Waals surface area (Å²) in [5.74, 6) is -0.318. The fourth-order valence-corrected chi connectivity index (χ4v) is 2.18. The minimum Gasteiger partial charge on any atom is -0.354 e. The first-order valence-electron chi connectivity index (χ1n) is 7.00. The first-order chi connectivity index (χ1) is 10.7. The van der Waals surface area contributed by atoms with Gasteiger partial charge in [0.15, 0.2) is 0 Å². The summed E-state index contributed by atoms with van der Waals surface area (Å²) in [7, 11) is 0. The topological polar surface area (TPSA) is 58.2 Å². The van der Waals surface area contributed by atoms with Gasteiger partial charge in [0.2, 0.25) is 5.91 Å². The van der Waals surface area contributed by atoms with Gasteiger partial charge in [-0.2, -0.15) is 0 Å². The van der Waals surface area contributed by atoms with Crippen molar-refractivity contribution in [1.29, 1.82) is 0 Å². The molecule has 2 amide bonds. The van der Waals surface area contributed by atoms with Crippen molar-refractivity contribution >= 4 is 23.4 Å². The quantitative estimate of drug-likeness (QED) is 0.804. The first-order valence-corrected chi connectivity index (χ1v) is 7.38. The van der Waals surface area contributed by atoms with Crippen LogP contribution in [0.4, 0.5) is 0 Å². The molecule has 5 heteroatoms. The molecule has 0 aromatic heterocycles. The van der Waals surface area contributed by atoms with Crippen LogP contribution in [0.2, 0.25) is 5.02 Å². The van der Waals surface area contributed by atoms with Gasteiger partial charge in [-0.25, -0.2) is 0 Å². The lowest BCUT2D eigenvalue weighted by atomic mass is 10.1. The molecule has 0 aliphatic rings. The summed E-state index contributed by atoms with van der Waals surface area (Å²) in [5.41, 5.74) is 1.39. The fourth-order valence-electron chi connectivity index (χ4n) is 1.96. The number of rotatable bonds is 6. The molecule has 0 bridgehead atoms. The molecular weight excluding hydrogens is 300 g/mol. The summed E-state index contributed by atoms with van der Waals surface area (Å²) in [4.78, 5) is 23.6. The van der Waals surface area contributed by atoms with Crippen molar-refractivity contribution in [2.45, 2.75) is 6.42 Å². The van der Waals surface area contributed by atoms with E-state index >= 15 is 0 Å². The van der Waals surface area contributed by atoms with Crippen LogP contribution in [0.25, 0.3) is 0 Å². The Morgan fingerprint density at radius 1 is 0.864 bits per heavy atom. The van der Waals surface area contributed by atoms with Crippen molar-refractivity contribution < 1.29 is 9.59 Å². The van der Waals surface area contributed by atoms with Crippen LogP contribution in [0.15, 0.2) is 54.6 Å². The van der Waals surface area contributed by atoms with Crippen LogP contribution < -0.4 is 10.6 Å². The molecule has 0 spiro atoms. The molecule has 0 radical (unpaired) electrons. The maximum absolute atomic E-state index is 11.9. The van der Waals surface area contributed by atoms with E-state index in [0.717, 1.165) is 5.56 Å². The Labute approximate surface area is 134 Å². The van der Waals surface area contributed by atoms with Gasteiger partial charge in [0.1, 0.15) is 0 Å². The van der Waals surface area contributed by atoms with E-state index in [0.29, 0.717) is 30.1 Å². The highest BCUT2D eigenvalue weighted by Gasteiger charge is 2.08. The predicted octanol–water partition coefficient (Wildman–Crippen LogP) is 2.43. The SMILES string of the molecule is O=C(Cc1ccccc1)NCCNC(=O)c1ccccc1Cl. The van der Waals surface area contributed by atoms with Crippen molar-refractivity contribution in [2.24, 2.45) is 0 Å². The van der Waals surface area contributed by atoms with Gasteiger partial charge in [-0.05, 0) is 17.7 Å². The van der Waals surface area contributed by atoms with Gasteiger partial charge in [-0.1, -0.05) is 54.1 Å². The van der Waals surface area contributed by atoms with E-state index in [9.17, 15) is 9.59 Å². The highest BCUT2D eigenvalue weighted by Crippen LogP contribution is 2.14. The summed E-state index contributed by atoms with van der Waals surface area (Å²) in [6.07, 6.45) is 0.333. The number of carbonyl (C=O) groups is 2. The first kappa shape index (κ1) is 16.0. The fraction of sp³-hybridized carbons (Fsp3) is 0.176. The molecule has 0 heterocycles. The highest BCUT2D eigenvalue weighted by atomic mass is 35.5. The third kappa shape index (κ3) is 4.90. The molecule has 0 unspecified atom stereocenters. The second-order valence-corrected chi connectivity index (χ2v) is 5.16. The zero-order chi connectivity index (χ0) is 15.8. The molecule has 4 nitrogen and oxygen atoms in total. The van der Waals surface area contributed by atoms with Gasteiger partial charge in [0.25, 0.3) is 5.91 Å². The van der Waals surface area contributed by atoms with Crippen molar-refractivity contribution in [3.05, 3.63) is 70.7 Å². The van der Waals surface area contributed by atoms with Crippen LogP contribution in [0.1, 0.15) is 15.9 Å². The second-order valence-electron chi connectivity index (χ2n) is 4.75. The van der Waals surface area contributed by atoms with Crippen LogP contribution >= 0.6 is 11.6 Å². The third-order valence-electron chi connectivity index (χ3n) is 3.06. The van der Waals surface area contributed by atoms with E-state index in [4.69, 9.17) is 11.6 Å². The molecule has 2 aromatic rings. The lowest BCUT2D eigenvalue weighted by Gasteiger charge is -2.08. The molecular formula is C17H17ClN2O2. The maximum Gasteiger partial charge on any atom is 0.252 e. The van der Waals surface area contributed by atoms with Crippen LogP contribution in [-0.2, 0) is 11.2 Å². The van der Waals surface area contributed by atoms with Crippen molar-refractivity contribution in [2.75, 3.05) is 13.1 Å². The Morgan fingerprint density at radius 2 is 1.50 bits per heavy atom. The monoisotopic (exact) mass is 316 g/mol. The van der Waals surface area contributed by atoms with E-state index < -0.39 is 0 Å². The van der Waals surface area contributed by atoms with Gasteiger partial charge >= 0.3 is 0 Å². The lowest BCUT2D eigenvalue weighted by molar-refractivity contribution is -0.120. The third-order valence-corrected chi connectivity index (χ3v) is 3.39. The van der Waals surface area contributed by atoms with Gasteiger partial charge in [0.05, 0.1) is 17.0 Å². The van der Waals surface area contributed by atoms with E-state index in [2.05, 4.69) is 10.6 Å². The Balaban J connectivity index is 1.70. The smallest absolute Gasteiger partial charge is 0.252 e. The zero-order valence-corrected chi connectivity index (χ0v) is 12.8. The Kier molecular flexibility index (Phi) is 5.98. The number of halogens is 1. The standard InChI is InChI=1S/C17H17ClN2O2/c18-15-9-5-4-8-14(15)17(22)20-11-10-19-16(21)12-13-6-2-1-3-7-13/h1-9H,10-12H2,(H,19,21)(H,20,22). The molecule has 0 aliphatic heterocycles. The minimum atomic E-state index is -0.247. The zero-order valence-electron chi connectivity index (χ0n) is 12.0. The van der Waals surface area contributed by atoms with Crippen molar-refractivity contribution in [3.8, 4) is 0 Å². The molecule has 0 atom stereocenters. The van der Waals surface area contributed by atoms with Crippen molar-refractivity contribution in [1.82, 2.24) is 10.6 Å². The number of carbonyl (C=O) groups excluding carboxylic acids is 2. The van der Waals surface area contributed by atoms with Crippen LogP contribution in [0.3, 0.4) is 0 Å². The highest BCUT2D eigenvalue weighted by molar-refractivity contribution is 6.33. The van der Waals surface area contributed by atoms with E-state index in [1.165, 1.54) is 0 Å². The second kappa shape index (κ2) is 8.20. The number of amides is 2. The van der Waals surface area contributed by atoms with Crippen LogP contribution in [-0.4, -0.2) is 24.9 Å². The summed E-state index contributed by atoms with van der Waals surface area (Å²) in [6.45, 7) is 0.729. The average molecular weight is 317 g/mol. The molecule has 2 aromatic carbocycles. The number of hydrogen-bond acceptors (Lipinski definition) is 2. The normalized spacial score (nSPS) is 10.0. The Bertz CT molecular complexity index is 644. The van der Waals surface area contributed by atoms with Gasteiger partial charge < -0.3 is 10.6 Å². The molecule has 2 rings (SSSR count). The molecule has 0 saturated heterocycles. The lowest BCUT2D eigenvalue weighted by Crippen LogP contribution is -2.35. The van der Waals surface area contributed by atoms with Crippen LogP contribution in [0, 0.1) is 0 Å². The predicted molar refractivity (Wildman–Crippen MR) is 86.9 cm³/mol. The summed E-state index contributed by atoms with van der Waals surface area (Å²) < 4.78 is 0. The van der Waals surface area contributed by atoms with Gasteiger partial charge in [-0.3, -0.25) is 9.59 Å². The van der Waals surface area contributed by atoms with Gasteiger partial charge in [0, 0.05) is 13.1 Å². The summed E-state index contributed by atoms with van der Waals surface area (Å²) in [5, 5.41) is 5.90. The molecule has 0 aliphatic carbocycles. The molecule has 2 N–H and O–H groups in total. The average Bonchev–Trinajstić information content (AvgIpc) is 2.53. The number of nitrogens with one attached hydrogen (secondary N) is 2. The van der Waals surface area contributed by atoms with Gasteiger partial charge in [-0.15, -0.1) is 0 Å². The maximum atomic E-state index is 11.9. The molecule has 114 valence electrons. The van der Waals surface area contributed by atoms with Crippen LogP contribution in [0.5, 0.6) is 0 Å². The Hall–Kier alpha value is -2.33.